The Balaban J connectivity index is 1.94. The van der Waals surface area contributed by atoms with Crippen LogP contribution in [0, 0.1) is 0 Å². The van der Waals surface area contributed by atoms with Crippen molar-refractivity contribution in [3.05, 3.63) is 21.9 Å². The number of carbonyl (C=O) groups is 1. The third kappa shape index (κ3) is 2.16. The van der Waals surface area contributed by atoms with Crippen LogP contribution in [0.5, 0.6) is 0 Å². The molecule has 96 valence electrons. The summed E-state index contributed by atoms with van der Waals surface area (Å²) in [6, 6.07) is 2.48. The van der Waals surface area contributed by atoms with Crippen LogP contribution in [0.3, 0.4) is 0 Å². The quantitative estimate of drug-likeness (QED) is 0.791. The number of primary amides is 1. The molecular weight excluding hydrogens is 266 g/mol. The lowest BCUT2D eigenvalue weighted by Crippen LogP contribution is -2.49. The second kappa shape index (κ2) is 4.97. The molecule has 0 saturated carbocycles. The summed E-state index contributed by atoms with van der Waals surface area (Å²) in [5.41, 5.74) is 6.60. The fourth-order valence-corrected chi connectivity index (χ4v) is 4.54. The third-order valence-electron chi connectivity index (χ3n) is 3.22. The molecule has 4 N–H and O–H groups in total. The smallest absolute Gasteiger partial charge is 0.259 e. The van der Waals surface area contributed by atoms with Gasteiger partial charge in [0, 0.05) is 31.1 Å². The van der Waals surface area contributed by atoms with Gasteiger partial charge in [-0.25, -0.2) is 0 Å². The molecule has 0 radical (unpaired) electrons. The third-order valence-corrected chi connectivity index (χ3v) is 5.53. The Morgan fingerprint density at radius 2 is 2.39 bits per heavy atom. The lowest BCUT2D eigenvalue weighted by atomic mass is 10.0. The van der Waals surface area contributed by atoms with Crippen molar-refractivity contribution in [1.29, 1.82) is 0 Å². The average molecular weight is 281 g/mol. The standard InChI is InChI=1S/C12H15N3OS2/c13-11(16)10-9(5-7-6-14-2-3-15-7)8-1-4-17-12(8)18-10/h1,4,7,14-15H,2-3,5-6H2,(H2,13,16)/t7-/m0/s1. The van der Waals surface area contributed by atoms with Crippen molar-refractivity contribution in [1.82, 2.24) is 10.6 Å². The van der Waals surface area contributed by atoms with Gasteiger partial charge in [0.25, 0.3) is 5.91 Å². The molecule has 0 spiro atoms. The zero-order chi connectivity index (χ0) is 12.5. The zero-order valence-electron chi connectivity index (χ0n) is 9.86. The van der Waals surface area contributed by atoms with E-state index < -0.39 is 0 Å². The number of piperazine rings is 1. The van der Waals surface area contributed by atoms with Crippen molar-refractivity contribution >= 4 is 38.0 Å². The minimum atomic E-state index is -0.304. The maximum absolute atomic E-state index is 11.5. The minimum Gasteiger partial charge on any atom is -0.365 e. The van der Waals surface area contributed by atoms with E-state index in [4.69, 9.17) is 5.73 Å². The van der Waals surface area contributed by atoms with Crippen LogP contribution in [0.15, 0.2) is 11.4 Å². The number of thiophene rings is 2. The highest BCUT2D eigenvalue weighted by Gasteiger charge is 2.21. The van der Waals surface area contributed by atoms with Crippen LogP contribution < -0.4 is 16.4 Å². The van der Waals surface area contributed by atoms with Gasteiger partial charge in [-0.15, -0.1) is 22.7 Å². The molecule has 18 heavy (non-hydrogen) atoms. The lowest BCUT2D eigenvalue weighted by molar-refractivity contribution is 0.100. The van der Waals surface area contributed by atoms with Gasteiger partial charge in [-0.1, -0.05) is 0 Å². The summed E-state index contributed by atoms with van der Waals surface area (Å²) in [7, 11) is 0. The molecule has 0 aliphatic carbocycles. The molecule has 0 aromatic carbocycles. The van der Waals surface area contributed by atoms with Gasteiger partial charge < -0.3 is 16.4 Å². The molecule has 0 unspecified atom stereocenters. The largest absolute Gasteiger partial charge is 0.365 e. The molecule has 1 atom stereocenters. The van der Waals surface area contributed by atoms with E-state index in [0.29, 0.717) is 6.04 Å². The summed E-state index contributed by atoms with van der Waals surface area (Å²) < 4.78 is 1.20. The highest BCUT2D eigenvalue weighted by molar-refractivity contribution is 7.38. The van der Waals surface area contributed by atoms with E-state index in [0.717, 1.165) is 36.5 Å². The second-order valence-corrected chi connectivity index (χ2v) is 6.65. The first kappa shape index (κ1) is 12.1. The van der Waals surface area contributed by atoms with Crippen LogP contribution in [0.2, 0.25) is 0 Å². The van der Waals surface area contributed by atoms with Crippen molar-refractivity contribution in [3.8, 4) is 0 Å². The molecule has 6 heteroatoms. The number of hydrogen-bond donors (Lipinski definition) is 3. The van der Waals surface area contributed by atoms with E-state index in [2.05, 4.69) is 22.1 Å². The summed E-state index contributed by atoms with van der Waals surface area (Å²) in [4.78, 5) is 12.3. The van der Waals surface area contributed by atoms with Gasteiger partial charge in [-0.2, -0.15) is 0 Å². The van der Waals surface area contributed by atoms with Crippen LogP contribution in [-0.2, 0) is 6.42 Å². The monoisotopic (exact) mass is 281 g/mol. The molecular formula is C12H15N3OS2. The highest BCUT2D eigenvalue weighted by atomic mass is 32.2. The Kier molecular flexibility index (Phi) is 3.34. The molecule has 0 bridgehead atoms. The number of carbonyl (C=O) groups excluding carboxylic acids is 1. The summed E-state index contributed by atoms with van der Waals surface area (Å²) in [5, 5.41) is 10.1. The molecule has 1 aliphatic rings. The van der Waals surface area contributed by atoms with Crippen LogP contribution in [0.4, 0.5) is 0 Å². The Morgan fingerprint density at radius 1 is 1.50 bits per heavy atom. The van der Waals surface area contributed by atoms with E-state index in [-0.39, 0.29) is 5.91 Å². The molecule has 3 heterocycles. The molecule has 2 aromatic rings. The van der Waals surface area contributed by atoms with Crippen LogP contribution >= 0.6 is 22.7 Å². The molecule has 1 amide bonds. The minimum absolute atomic E-state index is 0.304. The van der Waals surface area contributed by atoms with Gasteiger partial charge in [0.2, 0.25) is 0 Å². The number of amides is 1. The normalized spacial score (nSPS) is 20.3. The Bertz CT molecular complexity index is 569. The van der Waals surface area contributed by atoms with E-state index in [1.165, 1.54) is 20.7 Å². The van der Waals surface area contributed by atoms with Crippen molar-refractivity contribution < 1.29 is 4.79 Å². The molecule has 3 rings (SSSR count). The highest BCUT2D eigenvalue weighted by Crippen LogP contribution is 2.35. The Labute approximate surface area is 113 Å². The number of nitrogens with one attached hydrogen (secondary N) is 2. The van der Waals surface area contributed by atoms with E-state index in [1.54, 1.807) is 11.3 Å². The summed E-state index contributed by atoms with van der Waals surface area (Å²) >= 11 is 3.20. The van der Waals surface area contributed by atoms with Gasteiger partial charge in [0.05, 0.1) is 8.89 Å². The first-order valence-corrected chi connectivity index (χ1v) is 7.68. The van der Waals surface area contributed by atoms with E-state index in [9.17, 15) is 4.79 Å². The maximum atomic E-state index is 11.5. The van der Waals surface area contributed by atoms with Crippen molar-refractivity contribution in [2.45, 2.75) is 12.5 Å². The van der Waals surface area contributed by atoms with E-state index >= 15 is 0 Å². The van der Waals surface area contributed by atoms with Gasteiger partial charge in [0.15, 0.2) is 0 Å². The Hall–Kier alpha value is -0.950. The zero-order valence-corrected chi connectivity index (χ0v) is 11.5. The number of hydrogen-bond acceptors (Lipinski definition) is 5. The first-order chi connectivity index (χ1) is 8.75. The first-order valence-electron chi connectivity index (χ1n) is 5.98. The van der Waals surface area contributed by atoms with Gasteiger partial charge in [0.1, 0.15) is 0 Å². The predicted octanol–water partition coefficient (Wildman–Crippen LogP) is 1.17. The molecule has 1 saturated heterocycles. The Morgan fingerprint density at radius 3 is 3.11 bits per heavy atom. The van der Waals surface area contributed by atoms with Crippen LogP contribution in [0.1, 0.15) is 15.2 Å². The van der Waals surface area contributed by atoms with Gasteiger partial charge >= 0.3 is 0 Å². The fraction of sp³-hybridized carbons (Fsp3) is 0.417. The summed E-state index contributed by atoms with van der Waals surface area (Å²) in [6.45, 7) is 2.93. The summed E-state index contributed by atoms with van der Waals surface area (Å²) in [6.07, 6.45) is 0.863. The maximum Gasteiger partial charge on any atom is 0.259 e. The second-order valence-electron chi connectivity index (χ2n) is 4.46. The number of nitrogens with two attached hydrogens (primary N) is 1. The topological polar surface area (TPSA) is 67.2 Å². The van der Waals surface area contributed by atoms with Gasteiger partial charge in [-0.05, 0) is 23.4 Å². The molecule has 2 aromatic heterocycles. The predicted molar refractivity (Wildman–Crippen MR) is 76.6 cm³/mol. The van der Waals surface area contributed by atoms with Crippen molar-refractivity contribution in [2.75, 3.05) is 19.6 Å². The molecule has 4 nitrogen and oxygen atoms in total. The van der Waals surface area contributed by atoms with Crippen molar-refractivity contribution in [3.63, 3.8) is 0 Å². The average Bonchev–Trinajstić information content (AvgIpc) is 2.93. The van der Waals surface area contributed by atoms with Crippen LogP contribution in [0.25, 0.3) is 9.40 Å². The fourth-order valence-electron chi connectivity index (χ4n) is 2.38. The number of fused-ring (bicyclic) bond motifs is 1. The summed E-state index contributed by atoms with van der Waals surface area (Å²) in [5.74, 6) is -0.304. The molecule has 1 fully saturated rings. The van der Waals surface area contributed by atoms with Crippen LogP contribution in [-0.4, -0.2) is 31.6 Å². The lowest BCUT2D eigenvalue weighted by Gasteiger charge is -2.24. The van der Waals surface area contributed by atoms with Gasteiger partial charge in [-0.3, -0.25) is 4.79 Å². The SMILES string of the molecule is NC(=O)c1sc2sccc2c1C[C@H]1CNCCN1. The number of rotatable bonds is 3. The van der Waals surface area contributed by atoms with Crippen molar-refractivity contribution in [2.24, 2.45) is 5.73 Å². The van der Waals surface area contributed by atoms with E-state index in [1.807, 2.05) is 0 Å². The molecule has 1 aliphatic heterocycles.